The number of aromatic nitrogens is 15. The van der Waals surface area contributed by atoms with Crippen molar-refractivity contribution in [2.24, 2.45) is 17.2 Å². The molecule has 0 aromatic carbocycles. The second kappa shape index (κ2) is 35.6. The maximum Gasteiger partial charge on any atom is 0.419 e. The smallest absolute Gasteiger partial charge is 0.369 e. The van der Waals surface area contributed by atoms with Crippen LogP contribution in [0.2, 0.25) is 20.6 Å². The van der Waals surface area contributed by atoms with Crippen LogP contribution in [-0.2, 0) is 48.4 Å². The molecule has 10 aromatic heterocycles. The Balaban J connectivity index is 0.000000175. The largest absolute Gasteiger partial charge is 0.419 e. The minimum Gasteiger partial charge on any atom is -0.369 e. The third kappa shape index (κ3) is 22.9. The number of rotatable bonds is 20. The molecular weight excluding hydrogens is 1770 g/mol. The number of primary amides is 3. The van der Waals surface area contributed by atoms with E-state index in [-0.39, 0.29) is 43.9 Å². The number of hydrogen-bond acceptors (Lipinski definition) is 30. The number of nitrogens with zero attached hydrogens (tertiary/aromatic N) is 17. The van der Waals surface area contributed by atoms with Crippen LogP contribution in [0.3, 0.4) is 0 Å². The van der Waals surface area contributed by atoms with E-state index >= 15 is 0 Å². The number of hydrogen-bond donors (Lipinski definition) is 9. The number of amides is 3. The number of nitrogens with two attached hydrogens (primary N) is 3. The highest BCUT2D eigenvalue weighted by atomic mass is 79.9. The summed E-state index contributed by atoms with van der Waals surface area (Å²) in [5.74, 6) is 1.52. The van der Waals surface area contributed by atoms with E-state index in [4.69, 9.17) is 75.4 Å². The summed E-state index contributed by atoms with van der Waals surface area (Å²) in [5, 5.41) is 33.3. The molecule has 2 saturated carbocycles. The number of nitriles is 1. The van der Waals surface area contributed by atoms with Gasteiger partial charge in [0.05, 0.1) is 65.2 Å². The summed E-state index contributed by atoms with van der Waals surface area (Å²) in [5.41, 5.74) is 12.9. The Morgan fingerprint density at radius 1 is 0.486 bits per heavy atom. The van der Waals surface area contributed by atoms with Crippen LogP contribution >= 0.6 is 135 Å². The van der Waals surface area contributed by atoms with Crippen molar-refractivity contribution in [2.45, 2.75) is 162 Å². The molecule has 588 valence electrons. The standard InChI is InChI=1S/C15H19ClN6OS.C13H13ClF3N5OS.C13H11ClF3N5S.C12H13BrClN5OS.C12H10BrN5S/c1-7-6-18-14(21-10(7)19-8-4-5-8)22-11-9(16)20-13(24-11)15(2,3)12(17)23;1-5-6(13(15,16)17)4-19-11(20-5)22-8-7(14)21-10(24-8)12(2,3)9(18)23;1-6-7(13(15,16)17)4-19-11(20-6)22-9-8(14)21-10(23-9)12(2,3)5-18;1-5-6(13)4-16-11(17-5)19-8-7(14)18-10(21-8)12(2,3)9(15)20;1-6-8(13)5-15-12(16-6)18-11-9(14-2)17-10(19-11)7-3-4-7/h6,8H,4-5H2,1-3H3,(H2,17,23)(H2,18,19,21,22);4H,1-3H3,(H2,18,23)(H,19,20,22);4H,1-3H3,(H,19,20,22);4H,1-3H3,(H2,15,20)(H,16,17,19);5,7H,3-4H2,1H3,(H,15,16,18). The van der Waals surface area contributed by atoms with Gasteiger partial charge in [0.25, 0.3) is 0 Å². The Morgan fingerprint density at radius 2 is 0.811 bits per heavy atom. The Morgan fingerprint density at radius 3 is 1.13 bits per heavy atom. The minimum atomic E-state index is -4.52. The molecule has 10 aromatic rings. The van der Waals surface area contributed by atoms with Gasteiger partial charge in [0.1, 0.15) is 56.3 Å². The molecule has 0 radical (unpaired) electrons. The van der Waals surface area contributed by atoms with Crippen LogP contribution in [0.4, 0.5) is 92.7 Å². The molecule has 2 aliphatic carbocycles. The number of halogens is 12. The lowest BCUT2D eigenvalue weighted by Crippen LogP contribution is -2.35. The number of carbonyl (C=O) groups excluding carboxylic acids is 3. The van der Waals surface area contributed by atoms with E-state index in [1.165, 1.54) is 73.5 Å². The van der Waals surface area contributed by atoms with Crippen molar-refractivity contribution >= 4 is 219 Å². The first-order valence-electron chi connectivity index (χ1n) is 32.2. The molecule has 2 aliphatic rings. The fraction of sp³-hybridized carbons (Fsp3) is 0.385. The van der Waals surface area contributed by atoms with Crippen LogP contribution in [-0.4, -0.2) is 98.5 Å². The molecule has 0 unspecified atom stereocenters. The zero-order valence-electron chi connectivity index (χ0n) is 60.5. The average molecular weight is 1840 g/mol. The van der Waals surface area contributed by atoms with Crippen molar-refractivity contribution in [1.29, 1.82) is 5.26 Å². The van der Waals surface area contributed by atoms with E-state index in [1.807, 2.05) is 20.8 Å². The second-order valence-electron chi connectivity index (χ2n) is 26.3. The predicted octanol–water partition coefficient (Wildman–Crippen LogP) is 18.2. The predicted molar refractivity (Wildman–Crippen MR) is 426 cm³/mol. The molecule has 0 atom stereocenters. The molecule has 0 spiro atoms. The maximum absolute atomic E-state index is 12.7. The van der Waals surface area contributed by atoms with Gasteiger partial charge in [-0.2, -0.15) is 36.6 Å². The van der Waals surface area contributed by atoms with Crippen LogP contribution in [0.5, 0.6) is 0 Å². The first kappa shape index (κ1) is 88.0. The van der Waals surface area contributed by atoms with E-state index in [9.17, 15) is 40.7 Å². The first-order chi connectivity index (χ1) is 51.6. The number of alkyl halides is 6. The fourth-order valence-corrected chi connectivity index (χ4v) is 14.6. The van der Waals surface area contributed by atoms with Crippen molar-refractivity contribution in [1.82, 2.24) is 74.8 Å². The van der Waals surface area contributed by atoms with Crippen molar-refractivity contribution in [2.75, 3.05) is 31.9 Å². The molecule has 46 heteroatoms. The van der Waals surface area contributed by atoms with Gasteiger partial charge in [0, 0.05) is 48.5 Å². The number of thiazole rings is 5. The van der Waals surface area contributed by atoms with Crippen LogP contribution in [0.15, 0.2) is 39.9 Å². The number of anilines is 11. The number of aryl methyl sites for hydroxylation is 5. The summed E-state index contributed by atoms with van der Waals surface area (Å²) in [6.07, 6.45) is 2.15. The summed E-state index contributed by atoms with van der Waals surface area (Å²) in [6, 6.07) is 2.60. The molecule has 10 heterocycles. The quantitative estimate of drug-likeness (QED) is 0.0253. The van der Waals surface area contributed by atoms with Gasteiger partial charge in [-0.15, -0.1) is 4.98 Å². The highest BCUT2D eigenvalue weighted by Gasteiger charge is 2.39. The molecule has 0 bridgehead atoms. The zero-order valence-corrected chi connectivity index (χ0v) is 70.8. The number of nitrogens with one attached hydrogen (secondary N) is 6. The molecular formula is C65H66Br2Cl4F6N26O3S5. The molecule has 29 nitrogen and oxygen atoms in total. The van der Waals surface area contributed by atoms with Gasteiger partial charge in [-0.25, -0.2) is 64.8 Å². The van der Waals surface area contributed by atoms with Crippen molar-refractivity contribution < 1.29 is 40.7 Å². The van der Waals surface area contributed by atoms with Gasteiger partial charge in [-0.1, -0.05) is 110 Å². The monoisotopic (exact) mass is 1830 g/mol. The molecule has 0 saturated heterocycles. The summed E-state index contributed by atoms with van der Waals surface area (Å²) >= 11 is 37.2. The molecule has 0 aliphatic heterocycles. The normalized spacial score (nSPS) is 12.9. The van der Waals surface area contributed by atoms with Crippen molar-refractivity contribution in [3.05, 3.63) is 136 Å². The topological polar surface area (TPSA) is 423 Å². The highest BCUT2D eigenvalue weighted by molar-refractivity contribution is 9.10. The van der Waals surface area contributed by atoms with E-state index < -0.39 is 62.9 Å². The molecule has 111 heavy (non-hydrogen) atoms. The van der Waals surface area contributed by atoms with Gasteiger partial charge < -0.3 is 53.9 Å². The second-order valence-corrected chi connectivity index (χ2v) is 34.4. The van der Waals surface area contributed by atoms with Crippen LogP contribution < -0.4 is 49.1 Å². The third-order valence-corrected chi connectivity index (χ3v) is 25.1. The summed E-state index contributed by atoms with van der Waals surface area (Å²) in [4.78, 5) is 99.5. The van der Waals surface area contributed by atoms with E-state index in [0.29, 0.717) is 88.1 Å². The molecule has 2 fully saturated rings. The zero-order chi connectivity index (χ0) is 82.4. The molecule has 3 amide bonds. The van der Waals surface area contributed by atoms with Crippen molar-refractivity contribution in [3.8, 4) is 6.07 Å². The van der Waals surface area contributed by atoms with Crippen molar-refractivity contribution in [3.63, 3.8) is 0 Å². The average Bonchev–Trinajstić information content (AvgIpc) is 1.70. The van der Waals surface area contributed by atoms with Crippen LogP contribution in [0.1, 0.15) is 151 Å². The van der Waals surface area contributed by atoms with Gasteiger partial charge in [0.2, 0.25) is 47.5 Å². The maximum atomic E-state index is 12.7. The highest BCUT2D eigenvalue weighted by Crippen LogP contribution is 2.47. The Labute approximate surface area is 687 Å². The van der Waals surface area contributed by atoms with E-state index in [0.717, 1.165) is 64.4 Å². The lowest BCUT2D eigenvalue weighted by molar-refractivity contribution is -0.139. The lowest BCUT2D eigenvalue weighted by Gasteiger charge is -2.16. The Kier molecular flexibility index (Phi) is 28.3. The lowest BCUT2D eigenvalue weighted by atomic mass is 9.94. The summed E-state index contributed by atoms with van der Waals surface area (Å²) in [7, 11) is 0. The van der Waals surface area contributed by atoms with Gasteiger partial charge in [-0.05, 0) is 148 Å². The first-order valence-corrected chi connectivity index (χ1v) is 39.4. The SMILES string of the molecule is Cc1cnc(Nc2sc(C(C)(C)C(N)=O)nc2Cl)nc1NC1CC1.Cc1nc(Nc2sc(C(C)(C)C#N)nc2Cl)ncc1C(F)(F)F.Cc1nc(Nc2sc(C(C)(C)C(N)=O)nc2Cl)ncc1Br.Cc1nc(Nc2sc(C(C)(C)C(N)=O)nc2Cl)ncc1C(F)(F)F.[C-]#[N+]c1nc(C2CC2)sc1Nc1ncc(Br)c(C)n1. The fourth-order valence-electron chi connectivity index (χ4n) is 8.15. The van der Waals surface area contributed by atoms with Crippen LogP contribution in [0, 0.1) is 52.5 Å². The van der Waals surface area contributed by atoms with Crippen LogP contribution in [0.25, 0.3) is 4.85 Å². The summed E-state index contributed by atoms with van der Waals surface area (Å²) < 4.78 is 77.9. The molecule has 12 rings (SSSR count). The van der Waals surface area contributed by atoms with Gasteiger partial charge in [0.15, 0.2) is 25.6 Å². The Bertz CT molecular complexity index is 5210. The van der Waals surface area contributed by atoms with E-state index in [1.54, 1.807) is 74.0 Å². The Hall–Kier alpha value is -8.56. The van der Waals surface area contributed by atoms with E-state index in [2.05, 4.69) is 149 Å². The third-order valence-electron chi connectivity index (χ3n) is 15.7. The van der Waals surface area contributed by atoms with Gasteiger partial charge >= 0.3 is 18.2 Å². The molecule has 12 N–H and O–H groups in total. The summed E-state index contributed by atoms with van der Waals surface area (Å²) in [6.45, 7) is 28.8. The minimum absolute atomic E-state index is 0.0256. The number of carbonyl (C=O) groups is 3. The van der Waals surface area contributed by atoms with Gasteiger partial charge in [-0.3, -0.25) is 14.4 Å².